The summed E-state index contributed by atoms with van der Waals surface area (Å²) in [4.78, 5) is 6.22. The van der Waals surface area contributed by atoms with Crippen LogP contribution in [0.5, 0.6) is 6.01 Å². The van der Waals surface area contributed by atoms with Crippen molar-refractivity contribution in [2.75, 3.05) is 18.0 Å². The van der Waals surface area contributed by atoms with E-state index in [1.54, 1.807) is 4.68 Å². The van der Waals surface area contributed by atoms with E-state index in [1.165, 1.54) is 12.8 Å². The Hall–Kier alpha value is -1.26. The molecule has 0 bridgehead atoms. The van der Waals surface area contributed by atoms with Crippen LogP contribution in [0, 0.1) is 0 Å². The minimum Gasteiger partial charge on any atom is -0.478 e. The van der Waals surface area contributed by atoms with Gasteiger partial charge in [0.25, 0.3) is 0 Å². The molecule has 0 unspecified atom stereocenters. The molecular formula is C9H16N4O. The van der Waals surface area contributed by atoms with Gasteiger partial charge in [0.1, 0.15) is 0 Å². The molecule has 2 rings (SSSR count). The third-order valence-electron chi connectivity index (χ3n) is 2.48. The van der Waals surface area contributed by atoms with Crippen LogP contribution >= 0.6 is 0 Å². The molecular weight excluding hydrogens is 180 g/mol. The number of rotatable bonds is 2. The second-order valence-corrected chi connectivity index (χ2v) is 3.94. The highest BCUT2D eigenvalue weighted by atomic mass is 16.3. The summed E-state index contributed by atoms with van der Waals surface area (Å²) in [6.07, 6.45) is 2.40. The fraction of sp³-hybridized carbons (Fsp3) is 0.778. The molecule has 0 aromatic carbocycles. The zero-order valence-electron chi connectivity index (χ0n) is 8.64. The first-order chi connectivity index (χ1) is 6.68. The molecule has 5 heteroatoms. The van der Waals surface area contributed by atoms with Crippen LogP contribution in [-0.4, -0.2) is 33.0 Å². The fourth-order valence-electron chi connectivity index (χ4n) is 1.78. The van der Waals surface area contributed by atoms with Crippen LogP contribution in [0.15, 0.2) is 0 Å². The highest BCUT2D eigenvalue weighted by Gasteiger charge is 2.20. The van der Waals surface area contributed by atoms with Gasteiger partial charge in [-0.3, -0.25) is 0 Å². The third kappa shape index (κ3) is 1.54. The average molecular weight is 196 g/mol. The molecule has 1 aromatic heterocycles. The lowest BCUT2D eigenvalue weighted by molar-refractivity contribution is 0.415. The summed E-state index contributed by atoms with van der Waals surface area (Å²) in [6, 6.07) is 0.111. The van der Waals surface area contributed by atoms with Gasteiger partial charge in [-0.1, -0.05) is 0 Å². The van der Waals surface area contributed by atoms with E-state index in [1.807, 2.05) is 13.8 Å². The van der Waals surface area contributed by atoms with Crippen molar-refractivity contribution in [1.29, 1.82) is 0 Å². The maximum atomic E-state index is 9.27. The maximum Gasteiger partial charge on any atom is 0.334 e. The molecule has 1 aliphatic rings. The van der Waals surface area contributed by atoms with Crippen molar-refractivity contribution in [3.63, 3.8) is 0 Å². The summed E-state index contributed by atoms with van der Waals surface area (Å²) in [6.45, 7) is 6.11. The predicted octanol–water partition coefficient (Wildman–Crippen LogP) is 1.16. The first-order valence-electron chi connectivity index (χ1n) is 5.09. The predicted molar refractivity (Wildman–Crippen MR) is 53.5 cm³/mol. The normalized spacial score (nSPS) is 16.9. The van der Waals surface area contributed by atoms with E-state index in [9.17, 15) is 5.11 Å². The SMILES string of the molecule is CC(C)n1nc(O)nc1N1CCCC1. The van der Waals surface area contributed by atoms with Crippen LogP contribution in [0.4, 0.5) is 5.95 Å². The van der Waals surface area contributed by atoms with Gasteiger partial charge < -0.3 is 10.0 Å². The van der Waals surface area contributed by atoms with Crippen LogP contribution in [0.1, 0.15) is 32.7 Å². The molecule has 78 valence electrons. The number of hydrogen-bond donors (Lipinski definition) is 1. The zero-order valence-corrected chi connectivity index (χ0v) is 8.64. The van der Waals surface area contributed by atoms with Gasteiger partial charge in [-0.15, -0.1) is 5.10 Å². The summed E-state index contributed by atoms with van der Waals surface area (Å²) in [5.41, 5.74) is 0. The molecule has 1 aromatic rings. The summed E-state index contributed by atoms with van der Waals surface area (Å²) >= 11 is 0. The lowest BCUT2D eigenvalue weighted by Gasteiger charge is -2.18. The van der Waals surface area contributed by atoms with E-state index < -0.39 is 0 Å². The monoisotopic (exact) mass is 196 g/mol. The smallest absolute Gasteiger partial charge is 0.334 e. The van der Waals surface area contributed by atoms with Crippen LogP contribution in [0.2, 0.25) is 0 Å². The number of anilines is 1. The van der Waals surface area contributed by atoms with Crippen LogP contribution < -0.4 is 4.90 Å². The molecule has 14 heavy (non-hydrogen) atoms. The number of aromatic hydroxyl groups is 1. The number of nitrogens with zero attached hydrogens (tertiary/aromatic N) is 4. The molecule has 1 saturated heterocycles. The van der Waals surface area contributed by atoms with Crippen molar-refractivity contribution in [2.24, 2.45) is 0 Å². The van der Waals surface area contributed by atoms with E-state index in [4.69, 9.17) is 0 Å². The third-order valence-corrected chi connectivity index (χ3v) is 2.48. The topological polar surface area (TPSA) is 54.2 Å². The summed E-state index contributed by atoms with van der Waals surface area (Å²) < 4.78 is 1.78. The Morgan fingerprint density at radius 1 is 1.29 bits per heavy atom. The largest absolute Gasteiger partial charge is 0.478 e. The Bertz CT molecular complexity index is 315. The van der Waals surface area contributed by atoms with E-state index >= 15 is 0 Å². The van der Waals surface area contributed by atoms with E-state index in [0.29, 0.717) is 0 Å². The highest BCUT2D eigenvalue weighted by molar-refractivity contribution is 5.33. The van der Waals surface area contributed by atoms with Crippen LogP contribution in [-0.2, 0) is 0 Å². The Kier molecular flexibility index (Phi) is 2.31. The van der Waals surface area contributed by atoms with Gasteiger partial charge in [0.05, 0.1) is 6.04 Å². The molecule has 1 N–H and O–H groups in total. The number of aromatic nitrogens is 3. The van der Waals surface area contributed by atoms with Crippen molar-refractivity contribution in [3.8, 4) is 6.01 Å². The fourth-order valence-corrected chi connectivity index (χ4v) is 1.78. The van der Waals surface area contributed by atoms with Gasteiger partial charge in [-0.2, -0.15) is 4.98 Å². The van der Waals surface area contributed by atoms with Gasteiger partial charge in [0.15, 0.2) is 0 Å². The first-order valence-corrected chi connectivity index (χ1v) is 5.09. The molecule has 0 saturated carbocycles. The van der Waals surface area contributed by atoms with Gasteiger partial charge in [0.2, 0.25) is 5.95 Å². The Balaban J connectivity index is 2.30. The lowest BCUT2D eigenvalue weighted by Crippen LogP contribution is -2.23. The quantitative estimate of drug-likeness (QED) is 0.771. The molecule has 2 heterocycles. The van der Waals surface area contributed by atoms with Crippen molar-refractivity contribution in [2.45, 2.75) is 32.7 Å². The molecule has 0 atom stereocenters. The molecule has 1 fully saturated rings. The second-order valence-electron chi connectivity index (χ2n) is 3.94. The van der Waals surface area contributed by atoms with Gasteiger partial charge in [-0.05, 0) is 26.7 Å². The Morgan fingerprint density at radius 3 is 2.50 bits per heavy atom. The van der Waals surface area contributed by atoms with Crippen LogP contribution in [0.3, 0.4) is 0 Å². The Labute approximate surface area is 83.4 Å². The molecule has 0 aliphatic carbocycles. The van der Waals surface area contributed by atoms with Crippen molar-refractivity contribution in [3.05, 3.63) is 0 Å². The standard InChI is InChI=1S/C9H16N4O/c1-7(2)13-9(10-8(14)11-13)12-5-3-4-6-12/h7H,3-6H2,1-2H3,(H,11,14). The van der Waals surface area contributed by atoms with Gasteiger partial charge in [-0.25, -0.2) is 4.68 Å². The second kappa shape index (κ2) is 3.48. The zero-order chi connectivity index (χ0) is 10.1. The molecule has 0 spiro atoms. The van der Waals surface area contributed by atoms with Crippen LogP contribution in [0.25, 0.3) is 0 Å². The van der Waals surface area contributed by atoms with Crippen molar-refractivity contribution < 1.29 is 5.11 Å². The van der Waals surface area contributed by atoms with Gasteiger partial charge in [0, 0.05) is 13.1 Å². The first kappa shape index (κ1) is 9.30. The highest BCUT2D eigenvalue weighted by Crippen LogP contribution is 2.22. The summed E-state index contributed by atoms with van der Waals surface area (Å²) in [5, 5.41) is 13.2. The summed E-state index contributed by atoms with van der Waals surface area (Å²) in [7, 11) is 0. The van der Waals surface area contributed by atoms with Crippen molar-refractivity contribution in [1.82, 2.24) is 14.8 Å². The minimum absolute atomic E-state index is 0.124. The molecule has 0 radical (unpaired) electrons. The van der Waals surface area contributed by atoms with E-state index in [0.717, 1.165) is 19.0 Å². The Morgan fingerprint density at radius 2 is 1.93 bits per heavy atom. The van der Waals surface area contributed by atoms with Gasteiger partial charge >= 0.3 is 6.01 Å². The molecule has 1 aliphatic heterocycles. The average Bonchev–Trinajstić information content (AvgIpc) is 2.70. The molecule has 5 nitrogen and oxygen atoms in total. The summed E-state index contributed by atoms with van der Waals surface area (Å²) in [5.74, 6) is 0.801. The van der Waals surface area contributed by atoms with E-state index in [-0.39, 0.29) is 12.1 Å². The lowest BCUT2D eigenvalue weighted by atomic mass is 10.4. The molecule has 0 amide bonds. The maximum absolute atomic E-state index is 9.27. The number of hydrogen-bond acceptors (Lipinski definition) is 4. The van der Waals surface area contributed by atoms with Crippen molar-refractivity contribution >= 4 is 5.95 Å². The van der Waals surface area contributed by atoms with E-state index in [2.05, 4.69) is 15.0 Å². The minimum atomic E-state index is -0.124.